The Bertz CT molecular complexity index is 710. The van der Waals surface area contributed by atoms with Crippen LogP contribution in [-0.4, -0.2) is 5.84 Å². The zero-order valence-electron chi connectivity index (χ0n) is 11.2. The normalized spacial score (nSPS) is 12.0. The molecule has 0 bridgehead atoms. The van der Waals surface area contributed by atoms with Gasteiger partial charge in [-0.1, -0.05) is 18.2 Å². The maximum Gasteiger partial charge on any atom is 0.416 e. The summed E-state index contributed by atoms with van der Waals surface area (Å²) in [5, 5.41) is 9.42. The number of alkyl halides is 3. The summed E-state index contributed by atoms with van der Waals surface area (Å²) in [5.41, 5.74) is 7.38. The van der Waals surface area contributed by atoms with Gasteiger partial charge in [0.25, 0.3) is 0 Å². The highest BCUT2D eigenvalue weighted by molar-refractivity contribution is 6.04. The molecule has 22 heavy (non-hydrogen) atoms. The number of hydrogen-bond acceptors (Lipinski definition) is 4. The molecule has 0 unspecified atom stereocenters. The van der Waals surface area contributed by atoms with Gasteiger partial charge in [-0.25, -0.2) is 5.53 Å². The molecule has 0 saturated carbocycles. The molecule has 0 aliphatic carbocycles. The number of nitrogens with two attached hydrogens (primary N) is 1. The molecule has 0 aromatic heterocycles. The van der Waals surface area contributed by atoms with E-state index in [-0.39, 0.29) is 11.5 Å². The van der Waals surface area contributed by atoms with E-state index in [1.54, 1.807) is 24.3 Å². The number of nitrogens with one attached hydrogen (secondary N) is 2. The lowest BCUT2D eigenvalue weighted by Crippen LogP contribution is -2.07. The van der Waals surface area contributed by atoms with Crippen molar-refractivity contribution in [1.29, 1.82) is 5.53 Å². The summed E-state index contributed by atoms with van der Waals surface area (Å²) < 4.78 is 38.2. The summed E-state index contributed by atoms with van der Waals surface area (Å²) in [7, 11) is 0. The first-order valence-corrected chi connectivity index (χ1v) is 6.14. The van der Waals surface area contributed by atoms with Gasteiger partial charge in [0, 0.05) is 16.9 Å². The van der Waals surface area contributed by atoms with Gasteiger partial charge in [0.1, 0.15) is 0 Å². The lowest BCUT2D eigenvalue weighted by molar-refractivity contribution is -0.137. The van der Waals surface area contributed by atoms with Crippen LogP contribution in [0.15, 0.2) is 58.7 Å². The van der Waals surface area contributed by atoms with Crippen molar-refractivity contribution in [3.05, 3.63) is 59.7 Å². The first-order chi connectivity index (χ1) is 10.5. The minimum Gasteiger partial charge on any atom is -0.355 e. The number of nitrogens with zero attached hydrogens (tertiary/aromatic N) is 2. The van der Waals surface area contributed by atoms with E-state index in [1.807, 2.05) is 0 Å². The van der Waals surface area contributed by atoms with E-state index in [1.165, 1.54) is 12.1 Å². The summed E-state index contributed by atoms with van der Waals surface area (Å²) >= 11 is 0. The van der Waals surface area contributed by atoms with Crippen LogP contribution in [0.25, 0.3) is 0 Å². The predicted molar refractivity (Wildman–Crippen MR) is 77.0 cm³/mol. The van der Waals surface area contributed by atoms with Crippen LogP contribution >= 0.6 is 0 Å². The van der Waals surface area contributed by atoms with Crippen LogP contribution in [0.1, 0.15) is 11.1 Å². The lowest BCUT2D eigenvalue weighted by Gasteiger charge is -2.13. The Kier molecular flexibility index (Phi) is 4.40. The molecule has 0 saturated heterocycles. The minimum atomic E-state index is -4.42. The third-order valence-electron chi connectivity index (χ3n) is 2.87. The van der Waals surface area contributed by atoms with Crippen molar-refractivity contribution >= 4 is 17.2 Å². The number of anilines is 2. The van der Waals surface area contributed by atoms with Gasteiger partial charge in [-0.2, -0.15) is 18.3 Å². The first kappa shape index (κ1) is 15.5. The molecule has 0 amide bonds. The highest BCUT2D eigenvalue weighted by atomic mass is 19.4. The number of halogens is 3. The molecule has 114 valence electrons. The first-order valence-electron chi connectivity index (χ1n) is 6.14. The van der Waals surface area contributed by atoms with Gasteiger partial charge in [0.15, 0.2) is 0 Å². The molecule has 0 aliphatic heterocycles. The van der Waals surface area contributed by atoms with Crippen LogP contribution in [0.3, 0.4) is 0 Å². The lowest BCUT2D eigenvalue weighted by atomic mass is 10.1. The van der Waals surface area contributed by atoms with Crippen LogP contribution in [0.4, 0.5) is 24.5 Å². The van der Waals surface area contributed by atoms with Gasteiger partial charge in [-0.3, -0.25) is 0 Å². The molecule has 8 heteroatoms. The highest BCUT2D eigenvalue weighted by Crippen LogP contribution is 2.31. The Hall–Kier alpha value is -2.90. The van der Waals surface area contributed by atoms with Crippen molar-refractivity contribution in [2.45, 2.75) is 6.18 Å². The average Bonchev–Trinajstić information content (AvgIpc) is 2.49. The minimum absolute atomic E-state index is 0.0323. The van der Waals surface area contributed by atoms with Crippen LogP contribution in [-0.2, 0) is 6.18 Å². The zero-order valence-corrected chi connectivity index (χ0v) is 11.2. The molecular weight excluding hydrogens is 295 g/mol. The number of amidine groups is 1. The fourth-order valence-electron chi connectivity index (χ4n) is 1.87. The Morgan fingerprint density at radius 3 is 2.45 bits per heavy atom. The highest BCUT2D eigenvalue weighted by Gasteiger charge is 2.30. The van der Waals surface area contributed by atoms with Gasteiger partial charge in [0.2, 0.25) is 5.84 Å². The van der Waals surface area contributed by atoms with E-state index in [2.05, 4.69) is 15.5 Å². The second-order valence-corrected chi connectivity index (χ2v) is 4.31. The van der Waals surface area contributed by atoms with Crippen LogP contribution in [0, 0.1) is 5.53 Å². The number of rotatable bonds is 3. The molecule has 0 radical (unpaired) electrons. The Labute approximate surface area is 124 Å². The molecule has 5 nitrogen and oxygen atoms in total. The summed E-state index contributed by atoms with van der Waals surface area (Å²) in [6.07, 6.45) is -4.42. The molecule has 4 N–H and O–H groups in total. The van der Waals surface area contributed by atoms with Crippen molar-refractivity contribution in [1.82, 2.24) is 0 Å². The van der Waals surface area contributed by atoms with E-state index < -0.39 is 11.7 Å². The molecule has 0 fully saturated rings. The molecule has 0 aliphatic rings. The molecule has 0 spiro atoms. The molecule has 2 rings (SSSR count). The smallest absolute Gasteiger partial charge is 0.355 e. The van der Waals surface area contributed by atoms with Crippen molar-refractivity contribution in [2.24, 2.45) is 16.1 Å². The standard InChI is InChI=1S/C14H12F3N5/c15-14(16,17)9-4-3-5-10(8-9)20-12-7-2-1-6-11(12)13(21-18)22-19/h1-8,18,20H,19H2/b21-18?,22-13-. The molecule has 2 aromatic carbocycles. The number of hydrazone groups is 1. The number of para-hydroxylation sites is 1. The van der Waals surface area contributed by atoms with E-state index in [0.29, 0.717) is 11.3 Å². The van der Waals surface area contributed by atoms with E-state index in [9.17, 15) is 13.2 Å². The van der Waals surface area contributed by atoms with E-state index >= 15 is 0 Å². The second kappa shape index (κ2) is 6.25. The van der Waals surface area contributed by atoms with Crippen molar-refractivity contribution in [3.8, 4) is 0 Å². The Morgan fingerprint density at radius 1 is 1.09 bits per heavy atom. The molecule has 0 heterocycles. The monoisotopic (exact) mass is 307 g/mol. The Balaban J connectivity index is 2.38. The third-order valence-corrected chi connectivity index (χ3v) is 2.87. The van der Waals surface area contributed by atoms with Crippen LogP contribution < -0.4 is 11.2 Å². The molecular formula is C14H12F3N5. The summed E-state index contributed by atoms with van der Waals surface area (Å²) in [6, 6.07) is 11.4. The van der Waals surface area contributed by atoms with Crippen LogP contribution in [0.5, 0.6) is 0 Å². The average molecular weight is 307 g/mol. The zero-order chi connectivity index (χ0) is 16.2. The second-order valence-electron chi connectivity index (χ2n) is 4.31. The number of benzene rings is 2. The summed E-state index contributed by atoms with van der Waals surface area (Å²) in [6.45, 7) is 0. The maximum atomic E-state index is 12.7. The predicted octanol–water partition coefficient (Wildman–Crippen LogP) is 4.10. The summed E-state index contributed by atoms with van der Waals surface area (Å²) in [5.74, 6) is 5.12. The van der Waals surface area contributed by atoms with Crippen molar-refractivity contribution in [3.63, 3.8) is 0 Å². The quantitative estimate of drug-likeness (QED) is 0.262. The van der Waals surface area contributed by atoms with E-state index in [0.717, 1.165) is 12.1 Å². The van der Waals surface area contributed by atoms with Gasteiger partial charge in [-0.15, -0.1) is 5.11 Å². The van der Waals surface area contributed by atoms with Gasteiger partial charge >= 0.3 is 6.18 Å². The topological polar surface area (TPSA) is 86.6 Å². The van der Waals surface area contributed by atoms with E-state index in [4.69, 9.17) is 11.4 Å². The molecule has 0 atom stereocenters. The van der Waals surface area contributed by atoms with Crippen molar-refractivity contribution in [2.75, 3.05) is 5.32 Å². The molecule has 2 aromatic rings. The SMILES string of the molecule is N=N/C(=N\N)c1ccccc1Nc1cccc(C(F)(F)F)c1. The van der Waals surface area contributed by atoms with Gasteiger partial charge < -0.3 is 11.2 Å². The third kappa shape index (κ3) is 3.40. The largest absolute Gasteiger partial charge is 0.416 e. The van der Waals surface area contributed by atoms with Gasteiger partial charge in [-0.05, 0) is 30.3 Å². The van der Waals surface area contributed by atoms with Gasteiger partial charge in [0.05, 0.1) is 5.56 Å². The van der Waals surface area contributed by atoms with Crippen molar-refractivity contribution < 1.29 is 13.2 Å². The fraction of sp³-hybridized carbons (Fsp3) is 0.0714. The summed E-state index contributed by atoms with van der Waals surface area (Å²) in [4.78, 5) is 0. The Morgan fingerprint density at radius 2 is 1.82 bits per heavy atom. The fourth-order valence-corrected chi connectivity index (χ4v) is 1.87. The maximum absolute atomic E-state index is 12.7. The number of hydrogen-bond donors (Lipinski definition) is 3. The van der Waals surface area contributed by atoms with Crippen LogP contribution in [0.2, 0.25) is 0 Å².